The molecule has 1 atom stereocenters. The lowest BCUT2D eigenvalue weighted by molar-refractivity contribution is 0.402. The van der Waals surface area contributed by atoms with Crippen LogP contribution < -0.4 is 0 Å². The lowest BCUT2D eigenvalue weighted by atomic mass is 10.2. The zero-order chi connectivity index (χ0) is 8.10. The lowest BCUT2D eigenvalue weighted by Crippen LogP contribution is -2.21. The van der Waals surface area contributed by atoms with E-state index >= 15 is 0 Å². The molecule has 0 aromatic carbocycles. The van der Waals surface area contributed by atoms with Gasteiger partial charge in [0.05, 0.1) is 6.07 Å². The van der Waals surface area contributed by atoms with E-state index < -0.39 is 0 Å². The van der Waals surface area contributed by atoms with Gasteiger partial charge in [-0.1, -0.05) is 6.08 Å². The van der Waals surface area contributed by atoms with E-state index in [2.05, 4.69) is 11.5 Å². The molecule has 1 saturated heterocycles. The average molecular weight is 148 g/mol. The third-order valence-corrected chi connectivity index (χ3v) is 1.95. The first kappa shape index (κ1) is 7.87. The molecule has 2 heteroatoms. The Morgan fingerprint density at radius 3 is 3.09 bits per heavy atom. The van der Waals surface area contributed by atoms with E-state index in [1.54, 1.807) is 0 Å². The molecule has 1 aliphatic heterocycles. The van der Waals surface area contributed by atoms with E-state index in [0.717, 1.165) is 6.54 Å². The van der Waals surface area contributed by atoms with Gasteiger partial charge in [0.15, 0.2) is 0 Å². The Morgan fingerprint density at radius 2 is 2.45 bits per heavy atom. The van der Waals surface area contributed by atoms with Crippen molar-refractivity contribution in [3.63, 3.8) is 0 Å². The zero-order valence-electron chi connectivity index (χ0n) is 6.53. The van der Waals surface area contributed by atoms with Gasteiger partial charge in [-0.2, -0.15) is 5.26 Å². The van der Waals surface area contributed by atoms with Gasteiger partial charge in [-0.05, 0) is 12.8 Å². The summed E-state index contributed by atoms with van der Waals surface area (Å²) in [6.45, 7) is 4.79. The van der Waals surface area contributed by atoms with Crippen molar-refractivity contribution < 1.29 is 0 Å². The van der Waals surface area contributed by atoms with Crippen LogP contribution in [0, 0.1) is 11.3 Å². The van der Waals surface area contributed by atoms with Crippen molar-refractivity contribution in [2.75, 3.05) is 6.54 Å². The molecule has 2 nitrogen and oxygen atoms in total. The number of nitriles is 1. The highest BCUT2D eigenvalue weighted by molar-refractivity contribution is 5.05. The lowest BCUT2D eigenvalue weighted by Gasteiger charge is -2.18. The first-order valence-electron chi connectivity index (χ1n) is 3.83. The van der Waals surface area contributed by atoms with Crippen molar-refractivity contribution in [1.82, 2.24) is 4.90 Å². The monoisotopic (exact) mass is 148 g/mol. The Bertz CT molecular complexity index is 200. The van der Waals surface area contributed by atoms with Crippen LogP contribution in [0.5, 0.6) is 0 Å². The van der Waals surface area contributed by atoms with Gasteiger partial charge >= 0.3 is 0 Å². The normalized spacial score (nSPS) is 23.9. The molecule has 1 fully saturated rings. The number of hydrogen-bond acceptors (Lipinski definition) is 2. The molecule has 11 heavy (non-hydrogen) atoms. The number of allylic oxidation sites excluding steroid dienone is 1. The Balaban J connectivity index is 2.51. The maximum atomic E-state index is 8.30. The maximum Gasteiger partial charge on any atom is 0.0927 e. The second-order valence-electron chi connectivity index (χ2n) is 2.63. The maximum absolute atomic E-state index is 8.30. The van der Waals surface area contributed by atoms with E-state index in [1.165, 1.54) is 18.9 Å². The predicted molar refractivity (Wildman–Crippen MR) is 44.7 cm³/mol. The highest BCUT2D eigenvalue weighted by atomic mass is 15.2. The number of nitrogens with zero attached hydrogens (tertiary/aromatic N) is 2. The fourth-order valence-electron chi connectivity index (χ4n) is 1.38. The molecule has 0 amide bonds. The molecule has 0 saturated carbocycles. The van der Waals surface area contributed by atoms with Crippen LogP contribution in [0.3, 0.4) is 0 Å². The Morgan fingerprint density at radius 1 is 1.64 bits per heavy atom. The molecule has 1 rings (SSSR count). The molecule has 0 bridgehead atoms. The van der Waals surface area contributed by atoms with Gasteiger partial charge in [-0.3, -0.25) is 0 Å². The summed E-state index contributed by atoms with van der Waals surface area (Å²) >= 11 is 0. The highest BCUT2D eigenvalue weighted by Gasteiger charge is 2.17. The standard InChI is InChI=1S/C9H12N2/c1-2-9-5-3-7-11(9)8-4-6-10/h2,4,8-9H,1,3,5,7H2. The molecule has 58 valence electrons. The summed E-state index contributed by atoms with van der Waals surface area (Å²) in [5.41, 5.74) is 0. The van der Waals surface area contributed by atoms with Crippen molar-refractivity contribution >= 4 is 0 Å². The molecule has 0 radical (unpaired) electrons. The summed E-state index contributed by atoms with van der Waals surface area (Å²) in [6, 6.07) is 2.43. The molecule has 0 aromatic heterocycles. The molecule has 0 N–H and O–H groups in total. The quantitative estimate of drug-likeness (QED) is 0.440. The van der Waals surface area contributed by atoms with Gasteiger partial charge in [0.25, 0.3) is 0 Å². The zero-order valence-corrected chi connectivity index (χ0v) is 6.53. The largest absolute Gasteiger partial charge is 0.370 e. The predicted octanol–water partition coefficient (Wildman–Crippen LogP) is 1.67. The van der Waals surface area contributed by atoms with Crippen molar-refractivity contribution in [3.8, 4) is 6.07 Å². The van der Waals surface area contributed by atoms with Crippen LogP contribution in [0.15, 0.2) is 24.9 Å². The van der Waals surface area contributed by atoms with Gasteiger partial charge in [-0.15, -0.1) is 6.58 Å². The van der Waals surface area contributed by atoms with Gasteiger partial charge in [0, 0.05) is 24.9 Å². The smallest absolute Gasteiger partial charge is 0.0927 e. The minimum absolute atomic E-state index is 0.444. The molecule has 0 aromatic rings. The van der Waals surface area contributed by atoms with Crippen molar-refractivity contribution in [3.05, 3.63) is 24.9 Å². The summed E-state index contributed by atoms with van der Waals surface area (Å²) in [6.07, 6.45) is 7.67. The van der Waals surface area contributed by atoms with E-state index in [1.807, 2.05) is 18.3 Å². The van der Waals surface area contributed by atoms with Crippen LogP contribution >= 0.6 is 0 Å². The van der Waals surface area contributed by atoms with Gasteiger partial charge < -0.3 is 4.90 Å². The summed E-state index contributed by atoms with van der Waals surface area (Å²) in [5.74, 6) is 0. The molecule has 1 unspecified atom stereocenters. The van der Waals surface area contributed by atoms with Gasteiger partial charge in [0.2, 0.25) is 0 Å². The molecule has 1 heterocycles. The fraction of sp³-hybridized carbons (Fsp3) is 0.444. The van der Waals surface area contributed by atoms with Crippen LogP contribution in [-0.4, -0.2) is 17.5 Å². The van der Waals surface area contributed by atoms with Crippen LogP contribution in [0.25, 0.3) is 0 Å². The minimum atomic E-state index is 0.444. The van der Waals surface area contributed by atoms with Crippen LogP contribution in [-0.2, 0) is 0 Å². The van der Waals surface area contributed by atoms with E-state index in [9.17, 15) is 0 Å². The first-order chi connectivity index (χ1) is 5.38. The van der Waals surface area contributed by atoms with Gasteiger partial charge in [0.1, 0.15) is 0 Å². The minimum Gasteiger partial charge on any atom is -0.370 e. The Labute approximate surface area is 67.4 Å². The second kappa shape index (κ2) is 3.82. The molecular weight excluding hydrogens is 136 g/mol. The number of hydrogen-bond donors (Lipinski definition) is 0. The number of rotatable bonds is 2. The fourth-order valence-corrected chi connectivity index (χ4v) is 1.38. The molecule has 0 spiro atoms. The van der Waals surface area contributed by atoms with E-state index in [0.29, 0.717) is 6.04 Å². The van der Waals surface area contributed by atoms with Crippen molar-refractivity contribution in [2.24, 2.45) is 0 Å². The number of likely N-dealkylation sites (tertiary alicyclic amines) is 1. The highest BCUT2D eigenvalue weighted by Crippen LogP contribution is 2.17. The van der Waals surface area contributed by atoms with Crippen molar-refractivity contribution in [2.45, 2.75) is 18.9 Å². The molecule has 0 aliphatic carbocycles. The Kier molecular flexibility index (Phi) is 2.74. The Hall–Kier alpha value is -1.23. The van der Waals surface area contributed by atoms with Gasteiger partial charge in [-0.25, -0.2) is 0 Å². The molecular formula is C9H12N2. The topological polar surface area (TPSA) is 27.0 Å². The van der Waals surface area contributed by atoms with Crippen LogP contribution in [0.4, 0.5) is 0 Å². The molecule has 1 aliphatic rings. The van der Waals surface area contributed by atoms with E-state index in [4.69, 9.17) is 5.26 Å². The summed E-state index contributed by atoms with van der Waals surface area (Å²) in [5, 5.41) is 8.30. The summed E-state index contributed by atoms with van der Waals surface area (Å²) in [7, 11) is 0. The third kappa shape index (κ3) is 1.84. The third-order valence-electron chi connectivity index (χ3n) is 1.95. The van der Waals surface area contributed by atoms with Crippen LogP contribution in [0.2, 0.25) is 0 Å². The second-order valence-corrected chi connectivity index (χ2v) is 2.63. The summed E-state index contributed by atoms with van der Waals surface area (Å²) in [4.78, 5) is 2.15. The summed E-state index contributed by atoms with van der Waals surface area (Å²) < 4.78 is 0. The first-order valence-corrected chi connectivity index (χ1v) is 3.83. The van der Waals surface area contributed by atoms with Crippen LogP contribution in [0.1, 0.15) is 12.8 Å². The van der Waals surface area contributed by atoms with E-state index in [-0.39, 0.29) is 0 Å². The van der Waals surface area contributed by atoms with Crippen molar-refractivity contribution in [1.29, 1.82) is 5.26 Å². The SMILES string of the molecule is C=CC1CCCN1C=CC#N. The average Bonchev–Trinajstić information content (AvgIpc) is 2.47.